The van der Waals surface area contributed by atoms with Crippen molar-refractivity contribution in [3.05, 3.63) is 89.6 Å². The SMILES string of the molecule is Cc1coc(C)c1NC(=O)Nc1cccc(Nc2ccc3c(c2)NC(=O)/C3=C\c2ccc[nH]2)c1. The van der Waals surface area contributed by atoms with E-state index in [0.717, 1.165) is 33.9 Å². The van der Waals surface area contributed by atoms with Crippen LogP contribution in [-0.2, 0) is 4.79 Å². The van der Waals surface area contributed by atoms with Gasteiger partial charge in [0.25, 0.3) is 5.91 Å². The van der Waals surface area contributed by atoms with Gasteiger partial charge in [0.1, 0.15) is 5.76 Å². The van der Waals surface area contributed by atoms with E-state index in [1.165, 1.54) is 0 Å². The second-order valence-electron chi connectivity index (χ2n) is 8.03. The number of furan rings is 1. The summed E-state index contributed by atoms with van der Waals surface area (Å²) < 4.78 is 5.32. The van der Waals surface area contributed by atoms with Crippen molar-refractivity contribution in [1.29, 1.82) is 0 Å². The van der Waals surface area contributed by atoms with Crippen LogP contribution >= 0.6 is 0 Å². The number of carbonyl (C=O) groups excluding carboxylic acids is 2. The zero-order valence-corrected chi connectivity index (χ0v) is 18.7. The van der Waals surface area contributed by atoms with E-state index in [9.17, 15) is 9.59 Å². The third kappa shape index (κ3) is 4.29. The quantitative estimate of drug-likeness (QED) is 0.235. The number of nitrogens with one attached hydrogen (secondary N) is 5. The number of aryl methyl sites for hydroxylation is 2. The monoisotopic (exact) mass is 453 g/mol. The summed E-state index contributed by atoms with van der Waals surface area (Å²) in [5.41, 5.74) is 6.83. The van der Waals surface area contributed by atoms with Crippen LogP contribution in [0.4, 0.5) is 33.2 Å². The first kappa shape index (κ1) is 21.1. The zero-order chi connectivity index (χ0) is 23.7. The molecule has 0 aliphatic carbocycles. The maximum absolute atomic E-state index is 12.5. The Labute approximate surface area is 196 Å². The highest BCUT2D eigenvalue weighted by Crippen LogP contribution is 2.35. The molecule has 1 aliphatic heterocycles. The highest BCUT2D eigenvalue weighted by Gasteiger charge is 2.24. The predicted molar refractivity (Wildman–Crippen MR) is 134 cm³/mol. The number of amides is 3. The van der Waals surface area contributed by atoms with Crippen LogP contribution in [0.15, 0.2) is 71.5 Å². The van der Waals surface area contributed by atoms with E-state index in [1.807, 2.05) is 67.7 Å². The van der Waals surface area contributed by atoms with Crippen LogP contribution in [0.5, 0.6) is 0 Å². The average Bonchev–Trinajstić information content (AvgIpc) is 3.51. The number of anilines is 5. The van der Waals surface area contributed by atoms with E-state index in [-0.39, 0.29) is 11.9 Å². The molecule has 8 heteroatoms. The number of aromatic nitrogens is 1. The minimum atomic E-state index is -0.355. The molecule has 0 spiro atoms. The van der Waals surface area contributed by atoms with Crippen LogP contribution in [0.3, 0.4) is 0 Å². The molecule has 170 valence electrons. The van der Waals surface area contributed by atoms with Gasteiger partial charge in [-0.05, 0) is 62.4 Å². The van der Waals surface area contributed by atoms with Crippen molar-refractivity contribution in [2.75, 3.05) is 21.3 Å². The number of fused-ring (bicyclic) bond motifs is 1. The molecular weight excluding hydrogens is 430 g/mol. The molecule has 34 heavy (non-hydrogen) atoms. The molecular formula is C26H23N5O3. The molecule has 2 aromatic carbocycles. The van der Waals surface area contributed by atoms with Gasteiger partial charge in [-0.25, -0.2) is 4.79 Å². The largest absolute Gasteiger partial charge is 0.467 e. The van der Waals surface area contributed by atoms with Crippen molar-refractivity contribution in [1.82, 2.24) is 4.98 Å². The van der Waals surface area contributed by atoms with E-state index in [2.05, 4.69) is 26.3 Å². The molecule has 8 nitrogen and oxygen atoms in total. The summed E-state index contributed by atoms with van der Waals surface area (Å²) in [6.45, 7) is 3.67. The van der Waals surface area contributed by atoms with Crippen molar-refractivity contribution in [3.8, 4) is 0 Å². The van der Waals surface area contributed by atoms with Gasteiger partial charge in [-0.3, -0.25) is 4.79 Å². The predicted octanol–water partition coefficient (Wildman–Crippen LogP) is 6.10. The number of rotatable bonds is 5. The highest BCUT2D eigenvalue weighted by molar-refractivity contribution is 6.35. The summed E-state index contributed by atoms with van der Waals surface area (Å²) in [5.74, 6) is 0.514. The number of urea groups is 1. The standard InChI is InChI=1S/C26H23N5O3/c1-15-14-34-16(2)24(15)31-26(33)29-19-6-3-5-18(11-19)28-20-8-9-21-22(12-17-7-4-10-27-17)25(32)30-23(21)13-20/h3-14,27-28H,1-2H3,(H,30,32)(H2,29,31,33)/b22-12-. The maximum Gasteiger partial charge on any atom is 0.323 e. The summed E-state index contributed by atoms with van der Waals surface area (Å²) in [6, 6.07) is 16.5. The first-order valence-electron chi connectivity index (χ1n) is 10.8. The fourth-order valence-electron chi connectivity index (χ4n) is 3.88. The molecule has 0 radical (unpaired) electrons. The Morgan fingerprint density at radius 1 is 0.971 bits per heavy atom. The van der Waals surface area contributed by atoms with Gasteiger partial charge in [-0.2, -0.15) is 0 Å². The van der Waals surface area contributed by atoms with Crippen LogP contribution < -0.4 is 21.3 Å². The van der Waals surface area contributed by atoms with Crippen molar-refractivity contribution in [3.63, 3.8) is 0 Å². The molecule has 0 bridgehead atoms. The normalized spacial score (nSPS) is 13.5. The first-order chi connectivity index (χ1) is 16.5. The van der Waals surface area contributed by atoms with Gasteiger partial charge in [0.2, 0.25) is 0 Å². The molecule has 5 rings (SSSR count). The molecule has 0 fully saturated rings. The van der Waals surface area contributed by atoms with Crippen molar-refractivity contribution in [2.24, 2.45) is 0 Å². The van der Waals surface area contributed by atoms with Crippen molar-refractivity contribution in [2.45, 2.75) is 13.8 Å². The van der Waals surface area contributed by atoms with E-state index in [1.54, 1.807) is 19.3 Å². The lowest BCUT2D eigenvalue weighted by Crippen LogP contribution is -2.20. The minimum Gasteiger partial charge on any atom is -0.467 e. The summed E-state index contributed by atoms with van der Waals surface area (Å²) in [7, 11) is 0. The smallest absolute Gasteiger partial charge is 0.323 e. The van der Waals surface area contributed by atoms with Gasteiger partial charge in [-0.15, -0.1) is 0 Å². The molecule has 0 unspecified atom stereocenters. The Morgan fingerprint density at radius 2 is 1.79 bits per heavy atom. The fourth-order valence-corrected chi connectivity index (χ4v) is 3.88. The number of hydrogen-bond acceptors (Lipinski definition) is 4. The van der Waals surface area contributed by atoms with E-state index in [0.29, 0.717) is 22.7 Å². The third-order valence-electron chi connectivity index (χ3n) is 5.53. The maximum atomic E-state index is 12.5. The van der Waals surface area contributed by atoms with Gasteiger partial charge >= 0.3 is 6.03 Å². The van der Waals surface area contributed by atoms with Crippen LogP contribution in [-0.4, -0.2) is 16.9 Å². The number of aromatic amines is 1. The lowest BCUT2D eigenvalue weighted by molar-refractivity contribution is -0.110. The Kier molecular flexibility index (Phi) is 5.39. The van der Waals surface area contributed by atoms with Crippen molar-refractivity contribution < 1.29 is 14.0 Å². The first-order valence-corrected chi connectivity index (χ1v) is 10.8. The molecule has 3 heterocycles. The molecule has 0 saturated heterocycles. The molecule has 0 atom stereocenters. The van der Waals surface area contributed by atoms with Gasteiger partial charge < -0.3 is 30.7 Å². The highest BCUT2D eigenvalue weighted by atomic mass is 16.3. The molecule has 1 aliphatic rings. The topological polar surface area (TPSA) is 111 Å². The van der Waals surface area contributed by atoms with E-state index in [4.69, 9.17) is 4.42 Å². The molecule has 2 aromatic heterocycles. The Hall–Kier alpha value is -4.72. The Bertz CT molecular complexity index is 1400. The summed E-state index contributed by atoms with van der Waals surface area (Å²) in [6.07, 6.45) is 5.26. The van der Waals surface area contributed by atoms with Gasteiger partial charge in [0.15, 0.2) is 0 Å². The fraction of sp³-hybridized carbons (Fsp3) is 0.0769. The number of hydrogen-bond donors (Lipinski definition) is 5. The van der Waals surface area contributed by atoms with E-state index >= 15 is 0 Å². The molecule has 4 aromatic rings. The van der Waals surface area contributed by atoms with Crippen LogP contribution in [0.25, 0.3) is 11.6 Å². The zero-order valence-electron chi connectivity index (χ0n) is 18.7. The lowest BCUT2D eigenvalue weighted by Gasteiger charge is -2.11. The Morgan fingerprint density at radius 3 is 2.56 bits per heavy atom. The lowest BCUT2D eigenvalue weighted by atomic mass is 10.1. The summed E-state index contributed by atoms with van der Waals surface area (Å²) in [4.78, 5) is 28.0. The molecule has 3 amide bonds. The second-order valence-corrected chi connectivity index (χ2v) is 8.03. The second kappa shape index (κ2) is 8.67. The van der Waals surface area contributed by atoms with Gasteiger partial charge in [0, 0.05) is 40.1 Å². The van der Waals surface area contributed by atoms with Crippen LogP contribution in [0.1, 0.15) is 22.6 Å². The Balaban J connectivity index is 1.29. The van der Waals surface area contributed by atoms with E-state index < -0.39 is 0 Å². The molecule has 0 saturated carbocycles. The summed E-state index contributed by atoms with van der Waals surface area (Å²) in [5, 5.41) is 11.9. The van der Waals surface area contributed by atoms with Crippen molar-refractivity contribution >= 4 is 52.0 Å². The molecule has 5 N–H and O–H groups in total. The number of benzene rings is 2. The summed E-state index contributed by atoms with van der Waals surface area (Å²) >= 11 is 0. The van der Waals surface area contributed by atoms with Crippen LogP contribution in [0, 0.1) is 13.8 Å². The number of carbonyl (C=O) groups is 2. The minimum absolute atomic E-state index is 0.137. The van der Waals surface area contributed by atoms with Gasteiger partial charge in [-0.1, -0.05) is 12.1 Å². The van der Waals surface area contributed by atoms with Crippen LogP contribution in [0.2, 0.25) is 0 Å². The van der Waals surface area contributed by atoms with Gasteiger partial charge in [0.05, 0.1) is 23.2 Å². The number of H-pyrrole nitrogens is 1. The average molecular weight is 454 g/mol. The third-order valence-corrected chi connectivity index (χ3v) is 5.53.